The molecular weight excluding hydrogens is 268 g/mol. The molecule has 0 bridgehead atoms. The Morgan fingerprint density at radius 2 is 1.86 bits per heavy atom. The Hall–Kier alpha value is -2.33. The quantitative estimate of drug-likeness (QED) is 0.854. The molecule has 2 rings (SSSR count). The third-order valence-electron chi connectivity index (χ3n) is 3.29. The molecule has 2 N–H and O–H groups in total. The molecule has 0 heterocycles. The highest BCUT2D eigenvalue weighted by Crippen LogP contribution is 2.27. The maximum atomic E-state index is 11.1. The summed E-state index contributed by atoms with van der Waals surface area (Å²) in [6.07, 6.45) is 1.56. The zero-order valence-corrected chi connectivity index (χ0v) is 11.9. The molecule has 2 aromatic rings. The predicted molar refractivity (Wildman–Crippen MR) is 80.1 cm³/mol. The highest BCUT2D eigenvalue weighted by molar-refractivity contribution is 5.90. The van der Waals surface area contributed by atoms with Crippen molar-refractivity contribution in [2.75, 3.05) is 6.61 Å². The summed E-state index contributed by atoms with van der Waals surface area (Å²) < 4.78 is 5.75. The van der Waals surface area contributed by atoms with Crippen LogP contribution in [0.25, 0.3) is 0 Å². The maximum absolute atomic E-state index is 11.1. The Kier molecular flexibility index (Phi) is 4.95. The molecular formula is C17H18O4. The molecule has 4 heteroatoms. The van der Waals surface area contributed by atoms with Gasteiger partial charge in [0.1, 0.15) is 11.5 Å². The second kappa shape index (κ2) is 6.90. The molecule has 0 saturated heterocycles. The van der Waals surface area contributed by atoms with Crippen LogP contribution < -0.4 is 4.74 Å². The van der Waals surface area contributed by atoms with Gasteiger partial charge < -0.3 is 14.9 Å². The van der Waals surface area contributed by atoms with E-state index in [1.807, 2.05) is 24.3 Å². The van der Waals surface area contributed by atoms with E-state index in [9.17, 15) is 4.79 Å². The van der Waals surface area contributed by atoms with Crippen molar-refractivity contribution in [3.8, 4) is 11.5 Å². The first kappa shape index (κ1) is 15.1. The monoisotopic (exact) mass is 286 g/mol. The van der Waals surface area contributed by atoms with E-state index in [2.05, 4.69) is 0 Å². The second-order valence-electron chi connectivity index (χ2n) is 4.81. The molecule has 21 heavy (non-hydrogen) atoms. The van der Waals surface area contributed by atoms with E-state index < -0.39 is 5.97 Å². The highest BCUT2D eigenvalue weighted by Gasteiger charge is 2.11. The lowest BCUT2D eigenvalue weighted by Gasteiger charge is -2.11. The molecule has 0 saturated carbocycles. The summed E-state index contributed by atoms with van der Waals surface area (Å²) in [4.78, 5) is 11.1. The average Bonchev–Trinajstić information content (AvgIpc) is 2.48. The number of aliphatic hydroxyl groups is 1. The summed E-state index contributed by atoms with van der Waals surface area (Å²) in [5, 5.41) is 17.9. The summed E-state index contributed by atoms with van der Waals surface area (Å²) in [6.45, 7) is 1.91. The molecule has 0 aliphatic heterocycles. The predicted octanol–water partition coefficient (Wildman–Crippen LogP) is 3.41. The van der Waals surface area contributed by atoms with Crippen molar-refractivity contribution in [3.63, 3.8) is 0 Å². The van der Waals surface area contributed by atoms with Gasteiger partial charge in [-0.2, -0.15) is 0 Å². The van der Waals surface area contributed by atoms with Gasteiger partial charge in [0.05, 0.1) is 5.56 Å². The van der Waals surface area contributed by atoms with Crippen LogP contribution in [0.1, 0.15) is 27.9 Å². The van der Waals surface area contributed by atoms with Crippen molar-refractivity contribution in [3.05, 3.63) is 59.2 Å². The van der Waals surface area contributed by atoms with Gasteiger partial charge in [-0.15, -0.1) is 0 Å². The van der Waals surface area contributed by atoms with E-state index in [1.165, 1.54) is 0 Å². The third kappa shape index (κ3) is 3.83. The second-order valence-corrected chi connectivity index (χ2v) is 4.81. The van der Waals surface area contributed by atoms with E-state index in [0.717, 1.165) is 18.4 Å². The SMILES string of the molecule is Cc1c(Oc2ccc(CCCO)cc2)cccc1C(=O)O. The molecule has 0 aliphatic rings. The zero-order valence-electron chi connectivity index (χ0n) is 11.9. The number of hydrogen-bond acceptors (Lipinski definition) is 3. The Balaban J connectivity index is 2.15. The van der Waals surface area contributed by atoms with E-state index in [-0.39, 0.29) is 12.2 Å². The van der Waals surface area contributed by atoms with Crippen LogP contribution in [0.15, 0.2) is 42.5 Å². The number of carboxylic acids is 1. The molecule has 0 atom stereocenters. The molecule has 0 unspecified atom stereocenters. The van der Waals surface area contributed by atoms with Gasteiger partial charge in [-0.25, -0.2) is 4.79 Å². The van der Waals surface area contributed by atoms with Gasteiger partial charge in [-0.05, 0) is 49.6 Å². The van der Waals surface area contributed by atoms with Crippen molar-refractivity contribution in [2.24, 2.45) is 0 Å². The van der Waals surface area contributed by atoms with Crippen LogP contribution >= 0.6 is 0 Å². The lowest BCUT2D eigenvalue weighted by Crippen LogP contribution is -2.01. The third-order valence-corrected chi connectivity index (χ3v) is 3.29. The molecule has 2 aromatic carbocycles. The average molecular weight is 286 g/mol. The minimum atomic E-state index is -0.961. The molecule has 0 aromatic heterocycles. The number of benzene rings is 2. The molecule has 4 nitrogen and oxygen atoms in total. The number of aliphatic hydroxyl groups excluding tert-OH is 1. The van der Waals surface area contributed by atoms with E-state index in [0.29, 0.717) is 17.1 Å². The van der Waals surface area contributed by atoms with Gasteiger partial charge in [0.15, 0.2) is 0 Å². The lowest BCUT2D eigenvalue weighted by atomic mass is 10.1. The smallest absolute Gasteiger partial charge is 0.336 e. The van der Waals surface area contributed by atoms with Gasteiger partial charge >= 0.3 is 5.97 Å². The first-order valence-corrected chi connectivity index (χ1v) is 6.82. The standard InChI is InChI=1S/C17H18O4/c1-12-15(17(19)20)5-2-6-16(12)21-14-9-7-13(8-10-14)4-3-11-18/h2,5-10,18H,3-4,11H2,1H3,(H,19,20). The van der Waals surface area contributed by atoms with Gasteiger partial charge in [0, 0.05) is 12.2 Å². The number of carbonyl (C=O) groups is 1. The van der Waals surface area contributed by atoms with E-state index in [1.54, 1.807) is 25.1 Å². The van der Waals surface area contributed by atoms with Gasteiger partial charge in [0.25, 0.3) is 0 Å². The fourth-order valence-electron chi connectivity index (χ4n) is 2.09. The number of ether oxygens (including phenoxy) is 1. The minimum absolute atomic E-state index is 0.180. The number of carboxylic acid groups (broad SMARTS) is 1. The largest absolute Gasteiger partial charge is 0.478 e. The maximum Gasteiger partial charge on any atom is 0.336 e. The Morgan fingerprint density at radius 3 is 2.48 bits per heavy atom. The first-order valence-electron chi connectivity index (χ1n) is 6.82. The number of rotatable bonds is 6. The van der Waals surface area contributed by atoms with Crippen molar-refractivity contribution < 1.29 is 19.7 Å². The fraction of sp³-hybridized carbons (Fsp3) is 0.235. The summed E-state index contributed by atoms with van der Waals surface area (Å²) >= 11 is 0. The number of hydrogen-bond donors (Lipinski definition) is 2. The fourth-order valence-corrected chi connectivity index (χ4v) is 2.09. The summed E-state index contributed by atoms with van der Waals surface area (Å²) in [5.41, 5.74) is 1.98. The van der Waals surface area contributed by atoms with Gasteiger partial charge in [-0.3, -0.25) is 0 Å². The number of aromatic carboxylic acids is 1. The molecule has 0 spiro atoms. The van der Waals surface area contributed by atoms with Crippen molar-refractivity contribution >= 4 is 5.97 Å². The van der Waals surface area contributed by atoms with Crippen LogP contribution in [-0.2, 0) is 6.42 Å². The minimum Gasteiger partial charge on any atom is -0.478 e. The summed E-state index contributed by atoms with van der Waals surface area (Å²) in [6, 6.07) is 12.6. The van der Waals surface area contributed by atoms with E-state index >= 15 is 0 Å². The molecule has 110 valence electrons. The normalized spacial score (nSPS) is 10.4. The van der Waals surface area contributed by atoms with Crippen LogP contribution in [0.5, 0.6) is 11.5 Å². The van der Waals surface area contributed by atoms with E-state index in [4.69, 9.17) is 14.9 Å². The van der Waals surface area contributed by atoms with Crippen LogP contribution in [0, 0.1) is 6.92 Å². The highest BCUT2D eigenvalue weighted by atomic mass is 16.5. The van der Waals surface area contributed by atoms with Gasteiger partial charge in [0.2, 0.25) is 0 Å². The molecule has 0 fully saturated rings. The summed E-state index contributed by atoms with van der Waals surface area (Å²) in [7, 11) is 0. The van der Waals surface area contributed by atoms with Gasteiger partial charge in [-0.1, -0.05) is 18.2 Å². The van der Waals surface area contributed by atoms with Crippen molar-refractivity contribution in [1.29, 1.82) is 0 Å². The molecule has 0 aliphatic carbocycles. The zero-order chi connectivity index (χ0) is 15.2. The summed E-state index contributed by atoms with van der Waals surface area (Å²) in [5.74, 6) is 0.240. The van der Waals surface area contributed by atoms with Crippen LogP contribution in [0.4, 0.5) is 0 Å². The Labute approximate surface area is 123 Å². The topological polar surface area (TPSA) is 66.8 Å². The Morgan fingerprint density at radius 1 is 1.14 bits per heavy atom. The van der Waals surface area contributed by atoms with Crippen molar-refractivity contribution in [1.82, 2.24) is 0 Å². The lowest BCUT2D eigenvalue weighted by molar-refractivity contribution is 0.0695. The van der Waals surface area contributed by atoms with Crippen molar-refractivity contribution in [2.45, 2.75) is 19.8 Å². The van der Waals surface area contributed by atoms with Crippen LogP contribution in [-0.4, -0.2) is 22.8 Å². The Bertz CT molecular complexity index is 617. The number of aryl methyl sites for hydroxylation is 1. The van der Waals surface area contributed by atoms with Crippen LogP contribution in [0.2, 0.25) is 0 Å². The first-order chi connectivity index (χ1) is 10.1. The molecule has 0 radical (unpaired) electrons. The molecule has 0 amide bonds. The van der Waals surface area contributed by atoms with Crippen LogP contribution in [0.3, 0.4) is 0 Å².